The van der Waals surface area contributed by atoms with Crippen molar-refractivity contribution in [3.8, 4) is 5.75 Å². The van der Waals surface area contributed by atoms with Crippen molar-refractivity contribution in [3.05, 3.63) is 28.7 Å². The van der Waals surface area contributed by atoms with Gasteiger partial charge in [-0.25, -0.2) is 4.57 Å². The van der Waals surface area contributed by atoms with E-state index in [4.69, 9.17) is 9.05 Å². The van der Waals surface area contributed by atoms with Gasteiger partial charge in [-0.2, -0.15) is 0 Å². The van der Waals surface area contributed by atoms with Gasteiger partial charge in [0.1, 0.15) is 5.75 Å². The molecule has 0 amide bonds. The van der Waals surface area contributed by atoms with Crippen molar-refractivity contribution in [1.29, 1.82) is 0 Å². The third-order valence-electron chi connectivity index (χ3n) is 2.88. The van der Waals surface area contributed by atoms with E-state index in [9.17, 15) is 4.57 Å². The Morgan fingerprint density at radius 1 is 1.05 bits per heavy atom. The zero-order valence-corrected chi connectivity index (χ0v) is 14.8. The lowest BCUT2D eigenvalue weighted by atomic mass is 10.3. The van der Waals surface area contributed by atoms with Gasteiger partial charge in [-0.15, -0.1) is 0 Å². The van der Waals surface area contributed by atoms with Crippen LogP contribution in [-0.4, -0.2) is 12.8 Å². The molecule has 1 aromatic rings. The molecule has 3 nitrogen and oxygen atoms in total. The summed E-state index contributed by atoms with van der Waals surface area (Å²) in [6.45, 7) is 4.71. The normalized spacial score (nSPS) is 13.9. The van der Waals surface area contributed by atoms with Gasteiger partial charge in [0, 0.05) is 4.47 Å². The third kappa shape index (κ3) is 6.92. The molecule has 0 radical (unpaired) electrons. The average molecular weight is 363 g/mol. The number of unbranched alkanes of at least 4 members (excludes halogenated alkanes) is 3. The van der Waals surface area contributed by atoms with Gasteiger partial charge < -0.3 is 4.52 Å². The summed E-state index contributed by atoms with van der Waals surface area (Å²) in [5.41, 5.74) is 0. The lowest BCUT2D eigenvalue weighted by Gasteiger charge is -2.19. The van der Waals surface area contributed by atoms with Crippen LogP contribution in [0.2, 0.25) is 0 Å². The van der Waals surface area contributed by atoms with Gasteiger partial charge in [0.25, 0.3) is 0 Å². The lowest BCUT2D eigenvalue weighted by Crippen LogP contribution is -2.04. The monoisotopic (exact) mass is 362 g/mol. The molecule has 0 fully saturated rings. The molecule has 0 spiro atoms. The molecular weight excluding hydrogens is 339 g/mol. The molecular formula is C15H24BrO3P. The maximum atomic E-state index is 12.7. The number of halogens is 1. The van der Waals surface area contributed by atoms with E-state index < -0.39 is 7.60 Å². The molecule has 20 heavy (non-hydrogen) atoms. The summed E-state index contributed by atoms with van der Waals surface area (Å²) >= 11 is 3.37. The van der Waals surface area contributed by atoms with Crippen LogP contribution < -0.4 is 4.52 Å². The third-order valence-corrected chi connectivity index (χ3v) is 5.34. The highest BCUT2D eigenvalue weighted by molar-refractivity contribution is 9.10. The Bertz CT molecular complexity index is 420. The first-order valence-corrected chi connectivity index (χ1v) is 9.80. The molecule has 1 atom stereocenters. The van der Waals surface area contributed by atoms with E-state index >= 15 is 0 Å². The van der Waals surface area contributed by atoms with E-state index in [0.717, 1.165) is 36.6 Å². The topological polar surface area (TPSA) is 35.5 Å². The molecule has 1 rings (SSSR count). The van der Waals surface area contributed by atoms with Gasteiger partial charge >= 0.3 is 7.60 Å². The Kier molecular flexibility index (Phi) is 8.51. The highest BCUT2D eigenvalue weighted by atomic mass is 79.9. The summed E-state index contributed by atoms with van der Waals surface area (Å²) in [7, 11) is -3.03. The Morgan fingerprint density at radius 2 is 1.70 bits per heavy atom. The number of benzene rings is 1. The Labute approximate surface area is 130 Å². The van der Waals surface area contributed by atoms with Crippen molar-refractivity contribution < 1.29 is 13.6 Å². The smallest absolute Gasteiger partial charge is 0.379 e. The van der Waals surface area contributed by atoms with Crippen molar-refractivity contribution in [3.63, 3.8) is 0 Å². The molecule has 0 aliphatic heterocycles. The number of hydrogen-bond acceptors (Lipinski definition) is 3. The first-order valence-electron chi connectivity index (χ1n) is 7.28. The number of rotatable bonds is 10. The fourth-order valence-electron chi connectivity index (χ4n) is 1.70. The highest BCUT2D eigenvalue weighted by Gasteiger charge is 2.25. The molecule has 1 unspecified atom stereocenters. The predicted molar refractivity (Wildman–Crippen MR) is 87.6 cm³/mol. The first kappa shape index (κ1) is 17.7. The van der Waals surface area contributed by atoms with Crippen LogP contribution in [0.25, 0.3) is 0 Å². The quantitative estimate of drug-likeness (QED) is 0.376. The van der Waals surface area contributed by atoms with E-state index in [0.29, 0.717) is 18.5 Å². The van der Waals surface area contributed by atoms with Gasteiger partial charge in [-0.3, -0.25) is 4.52 Å². The summed E-state index contributed by atoms with van der Waals surface area (Å²) in [6.07, 6.45) is 5.44. The molecule has 0 aliphatic carbocycles. The Morgan fingerprint density at radius 3 is 2.30 bits per heavy atom. The van der Waals surface area contributed by atoms with E-state index in [1.54, 1.807) is 12.1 Å². The van der Waals surface area contributed by atoms with Crippen molar-refractivity contribution in [1.82, 2.24) is 0 Å². The maximum absolute atomic E-state index is 12.7. The second kappa shape index (κ2) is 9.59. The van der Waals surface area contributed by atoms with Crippen LogP contribution in [0.1, 0.15) is 46.0 Å². The summed E-state index contributed by atoms with van der Waals surface area (Å²) < 4.78 is 24.9. The van der Waals surface area contributed by atoms with Crippen molar-refractivity contribution >= 4 is 23.5 Å². The fraction of sp³-hybridized carbons (Fsp3) is 0.600. The maximum Gasteiger partial charge on any atom is 0.379 e. The molecule has 0 aliphatic rings. The van der Waals surface area contributed by atoms with E-state index in [2.05, 4.69) is 29.8 Å². The molecule has 5 heteroatoms. The van der Waals surface area contributed by atoms with Crippen LogP contribution >= 0.6 is 23.5 Å². The van der Waals surface area contributed by atoms with Crippen LogP contribution in [-0.2, 0) is 9.09 Å². The molecule has 114 valence electrons. The van der Waals surface area contributed by atoms with Gasteiger partial charge in [0.05, 0.1) is 12.8 Å². The summed E-state index contributed by atoms with van der Waals surface area (Å²) in [5, 5.41) is 0. The molecule has 0 saturated carbocycles. The van der Waals surface area contributed by atoms with Gasteiger partial charge in [0.15, 0.2) is 0 Å². The van der Waals surface area contributed by atoms with Crippen molar-refractivity contribution in [2.75, 3.05) is 12.8 Å². The standard InChI is InChI=1S/C15H24BrO3P/c1-3-5-7-12-18-20(17,13-6-4-2)19-15-10-8-14(16)9-11-15/h8-11H,3-7,12-13H2,1-2H3. The largest absolute Gasteiger partial charge is 0.424 e. The molecule has 0 heterocycles. The minimum absolute atomic E-state index is 0.478. The van der Waals surface area contributed by atoms with E-state index in [1.807, 2.05) is 12.1 Å². The first-order chi connectivity index (χ1) is 9.59. The predicted octanol–water partition coefficient (Wildman–Crippen LogP) is 6.03. The second-order valence-electron chi connectivity index (χ2n) is 4.77. The second-order valence-corrected chi connectivity index (χ2v) is 7.80. The molecule has 0 bridgehead atoms. The van der Waals surface area contributed by atoms with Crippen LogP contribution in [0.15, 0.2) is 28.7 Å². The zero-order valence-electron chi connectivity index (χ0n) is 12.3. The Balaban J connectivity index is 2.61. The van der Waals surface area contributed by atoms with Crippen molar-refractivity contribution in [2.24, 2.45) is 0 Å². The molecule has 1 aromatic carbocycles. The zero-order chi connectivity index (χ0) is 14.8. The van der Waals surface area contributed by atoms with Crippen LogP contribution in [0, 0.1) is 0 Å². The minimum atomic E-state index is -3.03. The van der Waals surface area contributed by atoms with E-state index in [-0.39, 0.29) is 0 Å². The lowest BCUT2D eigenvalue weighted by molar-refractivity contribution is 0.258. The number of hydrogen-bond donors (Lipinski definition) is 0. The van der Waals surface area contributed by atoms with Crippen LogP contribution in [0.5, 0.6) is 5.75 Å². The SMILES string of the molecule is CCCCCOP(=O)(CCCC)Oc1ccc(Br)cc1. The summed E-state index contributed by atoms with van der Waals surface area (Å²) in [4.78, 5) is 0. The van der Waals surface area contributed by atoms with Crippen LogP contribution in [0.3, 0.4) is 0 Å². The molecule has 0 saturated heterocycles. The Hall–Kier alpha value is -0.310. The van der Waals surface area contributed by atoms with Crippen LogP contribution in [0.4, 0.5) is 0 Å². The minimum Gasteiger partial charge on any atom is -0.424 e. The van der Waals surface area contributed by atoms with Gasteiger partial charge in [0.2, 0.25) is 0 Å². The fourth-order valence-corrected chi connectivity index (χ4v) is 3.79. The average Bonchev–Trinajstić information content (AvgIpc) is 2.44. The van der Waals surface area contributed by atoms with Gasteiger partial charge in [-0.05, 0) is 37.1 Å². The molecule has 0 aromatic heterocycles. The summed E-state index contributed by atoms with van der Waals surface area (Å²) in [5.74, 6) is 0.600. The molecule has 0 N–H and O–H groups in total. The van der Waals surface area contributed by atoms with E-state index in [1.165, 1.54) is 0 Å². The van der Waals surface area contributed by atoms with Crippen molar-refractivity contribution in [2.45, 2.75) is 46.0 Å². The summed E-state index contributed by atoms with van der Waals surface area (Å²) in [6, 6.07) is 7.35. The highest BCUT2D eigenvalue weighted by Crippen LogP contribution is 2.49. The van der Waals surface area contributed by atoms with Gasteiger partial charge in [-0.1, -0.05) is 49.0 Å².